The number of hydrogen-bond donors (Lipinski definition) is 0. The van der Waals surface area contributed by atoms with Gasteiger partial charge in [-0.1, -0.05) is 26.0 Å². The van der Waals surface area contributed by atoms with Crippen LogP contribution in [0.15, 0.2) is 24.3 Å². The Bertz CT molecular complexity index is 780. The van der Waals surface area contributed by atoms with Crippen LogP contribution in [0.2, 0.25) is 0 Å². The van der Waals surface area contributed by atoms with E-state index in [1.54, 1.807) is 11.3 Å². The van der Waals surface area contributed by atoms with Crippen LogP contribution in [-0.4, -0.2) is 51.7 Å². The summed E-state index contributed by atoms with van der Waals surface area (Å²) in [7, 11) is 0. The minimum atomic E-state index is -0.470. The van der Waals surface area contributed by atoms with Gasteiger partial charge in [-0.3, -0.25) is 4.90 Å². The Morgan fingerprint density at radius 3 is 2.50 bits per heavy atom. The predicted octanol–water partition coefficient (Wildman–Crippen LogP) is 5.47. The van der Waals surface area contributed by atoms with Crippen molar-refractivity contribution in [2.75, 3.05) is 13.1 Å². The smallest absolute Gasteiger partial charge is 0.410 e. The van der Waals surface area contributed by atoms with Crippen LogP contribution in [0.3, 0.4) is 0 Å². The molecule has 1 saturated heterocycles. The molecule has 154 valence electrons. The van der Waals surface area contributed by atoms with Gasteiger partial charge in [-0.25, -0.2) is 9.78 Å². The zero-order valence-corrected chi connectivity index (χ0v) is 18.8. The quantitative estimate of drug-likeness (QED) is 0.679. The van der Waals surface area contributed by atoms with Crippen LogP contribution in [0.4, 0.5) is 4.79 Å². The molecule has 1 aliphatic heterocycles. The summed E-state index contributed by atoms with van der Waals surface area (Å²) in [4.78, 5) is 22.1. The molecule has 0 spiro atoms. The number of ether oxygens (including phenoxy) is 1. The van der Waals surface area contributed by atoms with Crippen LogP contribution in [0, 0.1) is 0 Å². The molecule has 5 nitrogen and oxygen atoms in total. The third-order valence-electron chi connectivity index (χ3n) is 5.47. The SMILES string of the molecule is CC[C@H]1CN(C(C)c2nc3ccccc3s2)[C@H](CC)CN1C(=O)OC(C)(C)C. The Labute approximate surface area is 172 Å². The molecule has 6 heteroatoms. The number of fused-ring (bicyclic) bond motifs is 1. The van der Waals surface area contributed by atoms with Crippen LogP contribution in [0.25, 0.3) is 10.2 Å². The lowest BCUT2D eigenvalue weighted by molar-refractivity contribution is -0.0268. The number of para-hydroxylation sites is 1. The number of amides is 1. The molecule has 2 heterocycles. The van der Waals surface area contributed by atoms with Gasteiger partial charge in [0.25, 0.3) is 0 Å². The lowest BCUT2D eigenvalue weighted by atomic mass is 10.0. The first-order chi connectivity index (χ1) is 13.2. The lowest BCUT2D eigenvalue weighted by Gasteiger charge is -2.48. The molecule has 1 aromatic heterocycles. The second kappa shape index (κ2) is 8.37. The van der Waals surface area contributed by atoms with Crippen molar-refractivity contribution < 1.29 is 9.53 Å². The maximum atomic E-state index is 12.8. The van der Waals surface area contributed by atoms with Crippen molar-refractivity contribution in [3.05, 3.63) is 29.3 Å². The van der Waals surface area contributed by atoms with Crippen molar-refractivity contribution in [3.8, 4) is 0 Å². The first-order valence-electron chi connectivity index (χ1n) is 10.3. The fourth-order valence-corrected chi connectivity index (χ4v) is 4.95. The van der Waals surface area contributed by atoms with E-state index in [-0.39, 0.29) is 18.2 Å². The summed E-state index contributed by atoms with van der Waals surface area (Å²) in [6.45, 7) is 13.9. The Balaban J connectivity index is 1.81. The molecule has 0 bridgehead atoms. The zero-order valence-electron chi connectivity index (χ0n) is 17.9. The Morgan fingerprint density at radius 2 is 1.89 bits per heavy atom. The first-order valence-corrected chi connectivity index (χ1v) is 11.2. The zero-order chi connectivity index (χ0) is 20.5. The molecular weight excluding hydrogens is 370 g/mol. The van der Waals surface area contributed by atoms with Gasteiger partial charge < -0.3 is 9.64 Å². The lowest BCUT2D eigenvalue weighted by Crippen LogP contribution is -2.60. The van der Waals surface area contributed by atoms with Crippen LogP contribution < -0.4 is 0 Å². The summed E-state index contributed by atoms with van der Waals surface area (Å²) in [6.07, 6.45) is 1.72. The molecule has 0 radical (unpaired) electrons. The first kappa shape index (κ1) is 21.1. The minimum absolute atomic E-state index is 0.162. The largest absolute Gasteiger partial charge is 0.444 e. The van der Waals surface area contributed by atoms with Crippen LogP contribution >= 0.6 is 11.3 Å². The molecule has 0 N–H and O–H groups in total. The number of hydrogen-bond acceptors (Lipinski definition) is 5. The van der Waals surface area contributed by atoms with Gasteiger partial charge in [0.05, 0.1) is 16.3 Å². The minimum Gasteiger partial charge on any atom is -0.444 e. The van der Waals surface area contributed by atoms with Gasteiger partial charge in [0, 0.05) is 25.2 Å². The molecule has 1 fully saturated rings. The highest BCUT2D eigenvalue weighted by molar-refractivity contribution is 7.18. The van der Waals surface area contributed by atoms with Gasteiger partial charge in [0.2, 0.25) is 0 Å². The Morgan fingerprint density at radius 1 is 1.21 bits per heavy atom. The number of piperazine rings is 1. The third kappa shape index (κ3) is 4.49. The number of rotatable bonds is 4. The highest BCUT2D eigenvalue weighted by Gasteiger charge is 2.39. The molecule has 1 amide bonds. The summed E-state index contributed by atoms with van der Waals surface area (Å²) < 4.78 is 6.91. The van der Waals surface area contributed by atoms with Crippen molar-refractivity contribution in [2.45, 2.75) is 78.1 Å². The van der Waals surface area contributed by atoms with Gasteiger partial charge >= 0.3 is 6.09 Å². The second-order valence-corrected chi connectivity index (χ2v) is 9.71. The molecule has 3 atom stereocenters. The predicted molar refractivity (Wildman–Crippen MR) is 116 cm³/mol. The molecule has 28 heavy (non-hydrogen) atoms. The van der Waals surface area contributed by atoms with Crippen LogP contribution in [0.1, 0.15) is 65.4 Å². The van der Waals surface area contributed by atoms with Gasteiger partial charge in [-0.15, -0.1) is 11.3 Å². The number of thiazole rings is 1. The summed E-state index contributed by atoms with van der Waals surface area (Å²) in [6, 6.07) is 9.02. The van der Waals surface area contributed by atoms with E-state index in [2.05, 4.69) is 43.9 Å². The van der Waals surface area contributed by atoms with Gasteiger partial charge in [0.15, 0.2) is 0 Å². The summed E-state index contributed by atoms with van der Waals surface area (Å²) in [5, 5.41) is 1.15. The highest BCUT2D eigenvalue weighted by atomic mass is 32.1. The van der Waals surface area contributed by atoms with Crippen molar-refractivity contribution >= 4 is 27.6 Å². The monoisotopic (exact) mass is 403 g/mol. The highest BCUT2D eigenvalue weighted by Crippen LogP contribution is 2.34. The van der Waals surface area contributed by atoms with Crippen molar-refractivity contribution in [1.82, 2.24) is 14.8 Å². The molecule has 1 unspecified atom stereocenters. The standard InChI is InChI=1S/C22H33N3O2S/c1-7-16-14-25(21(26)27-22(4,5)6)17(8-2)13-24(16)15(3)20-23-18-11-9-10-12-19(18)28-20/h9-12,15-17H,7-8,13-14H2,1-6H3/t15?,16-,17+/m1/s1. The fraction of sp³-hybridized carbons (Fsp3) is 0.636. The maximum Gasteiger partial charge on any atom is 0.410 e. The third-order valence-corrected chi connectivity index (χ3v) is 6.68. The van der Waals surface area contributed by atoms with Gasteiger partial charge in [-0.05, 0) is 52.7 Å². The average molecular weight is 404 g/mol. The van der Waals surface area contributed by atoms with E-state index in [0.29, 0.717) is 12.6 Å². The van der Waals surface area contributed by atoms with E-state index in [0.717, 1.165) is 29.9 Å². The van der Waals surface area contributed by atoms with Gasteiger partial charge in [-0.2, -0.15) is 0 Å². The number of benzene rings is 1. The molecule has 1 aliphatic rings. The average Bonchev–Trinajstić information content (AvgIpc) is 3.09. The van der Waals surface area contributed by atoms with Crippen LogP contribution in [0.5, 0.6) is 0 Å². The molecular formula is C22H33N3O2S. The number of nitrogens with zero attached hydrogens (tertiary/aromatic N) is 3. The number of carbonyl (C=O) groups excluding carboxylic acids is 1. The van der Waals surface area contributed by atoms with Crippen molar-refractivity contribution in [2.24, 2.45) is 0 Å². The van der Waals surface area contributed by atoms with E-state index < -0.39 is 5.60 Å². The Kier molecular flexibility index (Phi) is 6.30. The fourth-order valence-electron chi connectivity index (χ4n) is 3.91. The van der Waals surface area contributed by atoms with E-state index in [1.807, 2.05) is 31.7 Å². The van der Waals surface area contributed by atoms with E-state index >= 15 is 0 Å². The van der Waals surface area contributed by atoms with Crippen LogP contribution in [-0.2, 0) is 4.74 Å². The molecule has 3 rings (SSSR count). The second-order valence-electron chi connectivity index (χ2n) is 8.65. The summed E-state index contributed by atoms with van der Waals surface area (Å²) >= 11 is 1.78. The molecule has 1 aromatic carbocycles. The van der Waals surface area contributed by atoms with E-state index in [9.17, 15) is 4.79 Å². The maximum absolute atomic E-state index is 12.8. The normalized spacial score (nSPS) is 22.4. The summed E-state index contributed by atoms with van der Waals surface area (Å²) in [5.74, 6) is 0. The summed E-state index contributed by atoms with van der Waals surface area (Å²) in [5.41, 5.74) is 0.601. The number of aromatic nitrogens is 1. The molecule has 0 aliphatic carbocycles. The van der Waals surface area contributed by atoms with Crippen molar-refractivity contribution in [1.29, 1.82) is 0 Å². The van der Waals surface area contributed by atoms with E-state index in [1.165, 1.54) is 4.70 Å². The molecule has 0 saturated carbocycles. The van der Waals surface area contributed by atoms with E-state index in [4.69, 9.17) is 9.72 Å². The Hall–Kier alpha value is -1.66. The van der Waals surface area contributed by atoms with Crippen molar-refractivity contribution in [3.63, 3.8) is 0 Å². The topological polar surface area (TPSA) is 45.7 Å². The molecule has 2 aromatic rings. The number of carbonyl (C=O) groups is 1. The van der Waals surface area contributed by atoms with Gasteiger partial charge in [0.1, 0.15) is 10.6 Å².